The first-order chi connectivity index (χ1) is 16.6. The van der Waals surface area contributed by atoms with Gasteiger partial charge in [0.15, 0.2) is 16.4 Å². The first-order valence-electron chi connectivity index (χ1n) is 11.6. The summed E-state index contributed by atoms with van der Waals surface area (Å²) in [6.45, 7) is 10.3. The molecular formula is C25H29N3O5S2. The van der Waals surface area contributed by atoms with Crippen LogP contribution < -0.4 is 9.62 Å². The summed E-state index contributed by atoms with van der Waals surface area (Å²) in [4.78, 5) is 16.2. The van der Waals surface area contributed by atoms with E-state index in [9.17, 15) is 13.2 Å². The maximum Gasteiger partial charge on any atom is 0.267 e. The van der Waals surface area contributed by atoms with Crippen LogP contribution in [0.25, 0.3) is 11.1 Å². The molecule has 2 aromatic heterocycles. The van der Waals surface area contributed by atoms with Gasteiger partial charge in [-0.05, 0) is 48.9 Å². The number of hydrogen-bond acceptors (Lipinski definition) is 8. The number of benzene rings is 1. The SMILES string of the molecule is Cc1noc(C)c1S(=O)(=O)Nc1ccc(-c2c(N3CCOCC3)sc3c2CC(C)(C)CC3=O)cc1. The van der Waals surface area contributed by atoms with Crippen molar-refractivity contribution in [2.75, 3.05) is 35.9 Å². The van der Waals surface area contributed by atoms with Crippen molar-refractivity contribution in [3.8, 4) is 11.1 Å². The monoisotopic (exact) mass is 515 g/mol. The topological polar surface area (TPSA) is 102 Å². The van der Waals surface area contributed by atoms with Gasteiger partial charge in [-0.1, -0.05) is 31.1 Å². The molecule has 0 saturated carbocycles. The summed E-state index contributed by atoms with van der Waals surface area (Å²) in [6, 6.07) is 7.36. The molecule has 0 bridgehead atoms. The number of thiophene rings is 1. The standard InChI is InChI=1S/C25H29N3O5S2/c1-15-23(16(2)33-26-15)35(30,31)27-18-7-5-17(6-8-18)21-19-13-25(3,4)14-20(29)22(19)34-24(21)28-9-11-32-12-10-28/h5-8,27H,9-14H2,1-4H3. The number of anilines is 2. The van der Waals surface area contributed by atoms with Crippen LogP contribution in [-0.4, -0.2) is 45.7 Å². The van der Waals surface area contributed by atoms with E-state index in [2.05, 4.69) is 28.6 Å². The molecule has 35 heavy (non-hydrogen) atoms. The van der Waals surface area contributed by atoms with Crippen molar-refractivity contribution in [1.29, 1.82) is 0 Å². The van der Waals surface area contributed by atoms with E-state index in [1.807, 2.05) is 12.1 Å². The molecule has 3 aromatic rings. The van der Waals surface area contributed by atoms with Crippen LogP contribution in [0.15, 0.2) is 33.7 Å². The molecule has 5 rings (SSSR count). The minimum Gasteiger partial charge on any atom is -0.378 e. The van der Waals surface area contributed by atoms with E-state index >= 15 is 0 Å². The molecule has 0 spiro atoms. The maximum atomic E-state index is 13.0. The Bertz CT molecular complexity index is 1360. The zero-order valence-electron chi connectivity index (χ0n) is 20.3. The average Bonchev–Trinajstić information content (AvgIpc) is 3.34. The Labute approximate surface area is 209 Å². The largest absolute Gasteiger partial charge is 0.378 e. The summed E-state index contributed by atoms with van der Waals surface area (Å²) in [6.07, 6.45) is 1.37. The highest BCUT2D eigenvalue weighted by Crippen LogP contribution is 2.49. The summed E-state index contributed by atoms with van der Waals surface area (Å²) < 4.78 is 39.0. The molecule has 1 saturated heterocycles. The molecule has 1 aliphatic carbocycles. The van der Waals surface area contributed by atoms with Gasteiger partial charge in [0.2, 0.25) is 0 Å². The molecule has 186 valence electrons. The highest BCUT2D eigenvalue weighted by Gasteiger charge is 2.37. The van der Waals surface area contributed by atoms with Gasteiger partial charge in [-0.3, -0.25) is 9.52 Å². The third kappa shape index (κ3) is 4.50. The van der Waals surface area contributed by atoms with Crippen LogP contribution in [0.4, 0.5) is 10.7 Å². The number of aryl methyl sites for hydroxylation is 2. The maximum absolute atomic E-state index is 13.0. The number of fused-ring (bicyclic) bond motifs is 1. The van der Waals surface area contributed by atoms with Crippen LogP contribution in [-0.2, 0) is 21.2 Å². The van der Waals surface area contributed by atoms with Gasteiger partial charge in [0.05, 0.1) is 23.1 Å². The molecule has 8 nitrogen and oxygen atoms in total. The van der Waals surface area contributed by atoms with Crippen molar-refractivity contribution in [3.05, 3.63) is 46.2 Å². The number of sulfonamides is 1. The molecule has 0 atom stereocenters. The van der Waals surface area contributed by atoms with Gasteiger partial charge in [0, 0.05) is 30.8 Å². The third-order valence-electron chi connectivity index (χ3n) is 6.50. The lowest BCUT2D eigenvalue weighted by Gasteiger charge is -2.30. The average molecular weight is 516 g/mol. The molecule has 0 unspecified atom stereocenters. The van der Waals surface area contributed by atoms with Crippen LogP contribution >= 0.6 is 11.3 Å². The number of nitrogens with zero attached hydrogens (tertiary/aromatic N) is 2. The number of ketones is 1. The fourth-order valence-corrected chi connectivity index (χ4v) is 7.68. The number of carbonyl (C=O) groups is 1. The highest BCUT2D eigenvalue weighted by molar-refractivity contribution is 7.92. The molecule has 1 N–H and O–H groups in total. The summed E-state index contributed by atoms with van der Waals surface area (Å²) in [5.74, 6) is 0.449. The Kier molecular flexibility index (Phi) is 6.01. The summed E-state index contributed by atoms with van der Waals surface area (Å²) in [5, 5.41) is 4.84. The third-order valence-corrected chi connectivity index (χ3v) is 9.46. The highest BCUT2D eigenvalue weighted by atomic mass is 32.2. The van der Waals surface area contributed by atoms with Crippen molar-refractivity contribution in [3.63, 3.8) is 0 Å². The van der Waals surface area contributed by atoms with E-state index in [1.54, 1.807) is 37.3 Å². The van der Waals surface area contributed by atoms with Gasteiger partial charge < -0.3 is 14.2 Å². The fraction of sp³-hybridized carbons (Fsp3) is 0.440. The van der Waals surface area contributed by atoms with Gasteiger partial charge in [-0.15, -0.1) is 11.3 Å². The molecule has 1 aliphatic heterocycles. The van der Waals surface area contributed by atoms with Gasteiger partial charge in [-0.2, -0.15) is 0 Å². The first kappa shape index (κ1) is 24.0. The van der Waals surface area contributed by atoms with E-state index < -0.39 is 10.0 Å². The van der Waals surface area contributed by atoms with Crippen LogP contribution in [0.2, 0.25) is 0 Å². The first-order valence-corrected chi connectivity index (χ1v) is 13.9. The second-order valence-electron chi connectivity index (χ2n) is 9.97. The van der Waals surface area contributed by atoms with Gasteiger partial charge in [0.25, 0.3) is 10.0 Å². The summed E-state index contributed by atoms with van der Waals surface area (Å²) in [7, 11) is -3.83. The predicted octanol–water partition coefficient (Wildman–Crippen LogP) is 4.81. The lowest BCUT2D eigenvalue weighted by atomic mass is 9.75. The van der Waals surface area contributed by atoms with E-state index in [4.69, 9.17) is 9.26 Å². The Morgan fingerprint density at radius 2 is 1.77 bits per heavy atom. The number of hydrogen-bond donors (Lipinski definition) is 1. The van der Waals surface area contributed by atoms with E-state index in [0.717, 1.165) is 46.1 Å². The van der Waals surface area contributed by atoms with Crippen molar-refractivity contribution in [2.45, 2.75) is 45.4 Å². The predicted molar refractivity (Wildman–Crippen MR) is 136 cm³/mol. The lowest BCUT2D eigenvalue weighted by Crippen LogP contribution is -2.36. The Balaban J connectivity index is 1.53. The molecule has 1 aromatic carbocycles. The quantitative estimate of drug-likeness (QED) is 0.520. The van der Waals surface area contributed by atoms with Gasteiger partial charge >= 0.3 is 0 Å². The van der Waals surface area contributed by atoms with E-state index in [0.29, 0.717) is 31.0 Å². The summed E-state index contributed by atoms with van der Waals surface area (Å²) in [5.41, 5.74) is 3.80. The van der Waals surface area contributed by atoms with Crippen LogP contribution in [0, 0.1) is 19.3 Å². The normalized spacial score (nSPS) is 17.9. The molecule has 0 amide bonds. The lowest BCUT2D eigenvalue weighted by molar-refractivity contribution is 0.0918. The Hall–Kier alpha value is -2.69. The molecule has 1 fully saturated rings. The van der Waals surface area contributed by atoms with Crippen LogP contribution in [0.3, 0.4) is 0 Å². The van der Waals surface area contributed by atoms with Crippen LogP contribution in [0.1, 0.15) is 47.0 Å². The fourth-order valence-electron chi connectivity index (χ4n) is 4.96. The van der Waals surface area contributed by atoms with Crippen molar-refractivity contribution in [1.82, 2.24) is 5.16 Å². The number of rotatable bonds is 5. The second kappa shape index (κ2) is 8.76. The molecule has 10 heteroatoms. The number of Topliss-reactive ketones (excluding diaryl/α,β-unsaturated/α-hetero) is 1. The number of ether oxygens (including phenoxy) is 1. The number of morpholine rings is 1. The second-order valence-corrected chi connectivity index (χ2v) is 12.6. The Morgan fingerprint density at radius 1 is 1.09 bits per heavy atom. The molecular weight excluding hydrogens is 486 g/mol. The minimum atomic E-state index is -3.83. The van der Waals surface area contributed by atoms with Crippen molar-refractivity contribution >= 4 is 37.8 Å². The summed E-state index contributed by atoms with van der Waals surface area (Å²) >= 11 is 1.58. The smallest absolute Gasteiger partial charge is 0.267 e. The van der Waals surface area contributed by atoms with Gasteiger partial charge in [-0.25, -0.2) is 8.42 Å². The molecule has 0 radical (unpaired) electrons. The molecule has 3 heterocycles. The van der Waals surface area contributed by atoms with E-state index in [-0.39, 0.29) is 21.9 Å². The van der Waals surface area contributed by atoms with Crippen molar-refractivity contribution < 1.29 is 22.5 Å². The van der Waals surface area contributed by atoms with E-state index in [1.165, 1.54) is 0 Å². The number of aromatic nitrogens is 1. The zero-order valence-corrected chi connectivity index (χ0v) is 21.9. The van der Waals surface area contributed by atoms with Gasteiger partial charge in [0.1, 0.15) is 5.69 Å². The Morgan fingerprint density at radius 3 is 2.40 bits per heavy atom. The van der Waals surface area contributed by atoms with Crippen molar-refractivity contribution in [2.24, 2.45) is 5.41 Å². The molecule has 2 aliphatic rings. The number of carbonyl (C=O) groups excluding carboxylic acids is 1. The van der Waals surface area contributed by atoms with Crippen LogP contribution in [0.5, 0.6) is 0 Å². The minimum absolute atomic E-state index is 0.0591. The zero-order chi connectivity index (χ0) is 25.0. The number of nitrogens with one attached hydrogen (secondary N) is 1.